The van der Waals surface area contributed by atoms with E-state index >= 15 is 0 Å². The molecule has 8 heteroatoms. The molecular formula is C19H27ClN2O4S. The zero-order chi connectivity index (χ0) is 19.6. The Morgan fingerprint density at radius 3 is 2.52 bits per heavy atom. The summed E-state index contributed by atoms with van der Waals surface area (Å²) < 4.78 is 32.6. The van der Waals surface area contributed by atoms with Gasteiger partial charge in [-0.3, -0.25) is 4.79 Å². The fraction of sp³-hybridized carbons (Fsp3) is 0.632. The van der Waals surface area contributed by atoms with Crippen LogP contribution in [0.1, 0.15) is 32.6 Å². The summed E-state index contributed by atoms with van der Waals surface area (Å²) in [7, 11) is -2.21. The highest BCUT2D eigenvalue weighted by molar-refractivity contribution is 7.89. The van der Waals surface area contributed by atoms with Crippen molar-refractivity contribution in [2.24, 2.45) is 11.8 Å². The molecule has 0 saturated carbocycles. The SMILES string of the molecule is COc1ccc(S(=O)(=O)N2CCC[C@@H](C(=O)N3CCC(C)CC3)C2)cc1Cl. The number of halogens is 1. The number of nitrogens with zero attached hydrogens (tertiary/aromatic N) is 2. The maximum Gasteiger partial charge on any atom is 0.243 e. The first-order chi connectivity index (χ1) is 12.8. The standard InChI is InChI=1S/C19H27ClN2O4S/c1-14-7-10-21(11-8-14)19(23)15-4-3-9-22(13-15)27(24,25)16-5-6-18(26-2)17(20)12-16/h5-6,12,14-15H,3-4,7-11,13H2,1-2H3/t15-/m1/s1. The Kier molecular flexibility index (Phi) is 6.33. The molecule has 2 aliphatic rings. The van der Waals surface area contributed by atoms with Gasteiger partial charge < -0.3 is 9.64 Å². The van der Waals surface area contributed by atoms with Crippen LogP contribution in [0.25, 0.3) is 0 Å². The fourth-order valence-electron chi connectivity index (χ4n) is 3.81. The lowest BCUT2D eigenvalue weighted by Crippen LogP contribution is -2.48. The summed E-state index contributed by atoms with van der Waals surface area (Å²) in [6, 6.07) is 4.46. The molecule has 2 fully saturated rings. The van der Waals surface area contributed by atoms with E-state index in [1.54, 1.807) is 6.07 Å². The minimum atomic E-state index is -3.69. The van der Waals surface area contributed by atoms with Gasteiger partial charge in [0, 0.05) is 26.2 Å². The minimum Gasteiger partial charge on any atom is -0.495 e. The van der Waals surface area contributed by atoms with Crippen molar-refractivity contribution in [3.05, 3.63) is 23.2 Å². The molecule has 0 radical (unpaired) electrons. The number of sulfonamides is 1. The van der Waals surface area contributed by atoms with E-state index in [9.17, 15) is 13.2 Å². The third-order valence-electron chi connectivity index (χ3n) is 5.59. The highest BCUT2D eigenvalue weighted by Gasteiger charge is 2.35. The van der Waals surface area contributed by atoms with Crippen LogP contribution in [0.4, 0.5) is 0 Å². The van der Waals surface area contributed by atoms with Crippen molar-refractivity contribution >= 4 is 27.5 Å². The summed E-state index contributed by atoms with van der Waals surface area (Å²) in [6.07, 6.45) is 3.46. The first-order valence-corrected chi connectivity index (χ1v) is 11.3. The number of carbonyl (C=O) groups is 1. The lowest BCUT2D eigenvalue weighted by Gasteiger charge is -2.36. The molecule has 1 aromatic carbocycles. The van der Waals surface area contributed by atoms with Crippen molar-refractivity contribution < 1.29 is 17.9 Å². The molecule has 2 saturated heterocycles. The predicted molar refractivity (Wildman–Crippen MR) is 104 cm³/mol. The van der Waals surface area contributed by atoms with Crippen molar-refractivity contribution in [2.45, 2.75) is 37.5 Å². The molecule has 3 rings (SSSR count). The first kappa shape index (κ1) is 20.4. The monoisotopic (exact) mass is 414 g/mol. The number of benzene rings is 1. The van der Waals surface area contributed by atoms with E-state index in [0.717, 1.165) is 32.4 Å². The minimum absolute atomic E-state index is 0.0922. The molecule has 0 bridgehead atoms. The molecule has 0 aromatic heterocycles. The number of hydrogen-bond donors (Lipinski definition) is 0. The number of amides is 1. The fourth-order valence-corrected chi connectivity index (χ4v) is 5.68. The normalized spacial score (nSPS) is 22.6. The number of methoxy groups -OCH3 is 1. The Bertz CT molecular complexity index is 791. The van der Waals surface area contributed by atoms with Crippen LogP contribution in [0.5, 0.6) is 5.75 Å². The van der Waals surface area contributed by atoms with Crippen molar-refractivity contribution in [3.8, 4) is 5.75 Å². The average molecular weight is 415 g/mol. The Hall–Kier alpha value is -1.31. The molecule has 0 N–H and O–H groups in total. The first-order valence-electron chi connectivity index (χ1n) is 9.45. The van der Waals surface area contributed by atoms with Gasteiger partial charge in [-0.2, -0.15) is 4.31 Å². The molecule has 27 heavy (non-hydrogen) atoms. The largest absolute Gasteiger partial charge is 0.495 e. The molecule has 0 spiro atoms. The molecule has 6 nitrogen and oxygen atoms in total. The third-order valence-corrected chi connectivity index (χ3v) is 7.75. The smallest absolute Gasteiger partial charge is 0.243 e. The van der Waals surface area contributed by atoms with E-state index in [4.69, 9.17) is 16.3 Å². The molecule has 1 atom stereocenters. The number of piperidine rings is 2. The molecule has 2 heterocycles. The highest BCUT2D eigenvalue weighted by Crippen LogP contribution is 2.31. The van der Waals surface area contributed by atoms with Crippen LogP contribution in [-0.2, 0) is 14.8 Å². The number of hydrogen-bond acceptors (Lipinski definition) is 4. The summed E-state index contributed by atoms with van der Waals surface area (Å²) in [5.41, 5.74) is 0. The average Bonchev–Trinajstić information content (AvgIpc) is 2.68. The number of ether oxygens (including phenoxy) is 1. The Labute approximate surface area is 166 Å². The van der Waals surface area contributed by atoms with E-state index in [-0.39, 0.29) is 28.3 Å². The third kappa shape index (κ3) is 4.41. The zero-order valence-corrected chi connectivity index (χ0v) is 17.4. The molecule has 0 aliphatic carbocycles. The van der Waals surface area contributed by atoms with Crippen LogP contribution in [0.2, 0.25) is 5.02 Å². The number of rotatable bonds is 4. The van der Waals surface area contributed by atoms with Gasteiger partial charge in [0.05, 0.1) is 22.9 Å². The zero-order valence-electron chi connectivity index (χ0n) is 15.9. The van der Waals surface area contributed by atoms with Crippen LogP contribution < -0.4 is 4.74 Å². The predicted octanol–water partition coefficient (Wildman–Crippen LogP) is 3.01. The van der Waals surface area contributed by atoms with Crippen molar-refractivity contribution in [1.29, 1.82) is 0 Å². The summed E-state index contributed by atoms with van der Waals surface area (Å²) in [6.45, 7) is 4.41. The molecule has 1 aromatic rings. The van der Waals surface area contributed by atoms with Crippen LogP contribution in [-0.4, -0.2) is 56.8 Å². The van der Waals surface area contributed by atoms with Gasteiger partial charge in [-0.1, -0.05) is 18.5 Å². The van der Waals surface area contributed by atoms with Crippen molar-refractivity contribution in [3.63, 3.8) is 0 Å². The number of carbonyl (C=O) groups excluding carboxylic acids is 1. The topological polar surface area (TPSA) is 66.9 Å². The summed E-state index contributed by atoms with van der Waals surface area (Å²) in [4.78, 5) is 14.9. The van der Waals surface area contributed by atoms with E-state index in [1.165, 1.54) is 23.5 Å². The molecule has 1 amide bonds. The van der Waals surface area contributed by atoms with Crippen LogP contribution >= 0.6 is 11.6 Å². The maximum atomic E-state index is 13.0. The summed E-state index contributed by atoms with van der Waals surface area (Å²) >= 11 is 6.10. The van der Waals surface area contributed by atoms with Crippen LogP contribution in [0.15, 0.2) is 23.1 Å². The van der Waals surface area contributed by atoms with Crippen LogP contribution in [0.3, 0.4) is 0 Å². The number of likely N-dealkylation sites (tertiary alicyclic amines) is 1. The molecule has 2 aliphatic heterocycles. The highest BCUT2D eigenvalue weighted by atomic mass is 35.5. The van der Waals surface area contributed by atoms with Crippen molar-refractivity contribution in [2.75, 3.05) is 33.3 Å². The van der Waals surface area contributed by atoms with Gasteiger partial charge in [-0.15, -0.1) is 0 Å². The van der Waals surface area contributed by atoms with E-state index < -0.39 is 10.0 Å². The van der Waals surface area contributed by atoms with Crippen LogP contribution in [0, 0.1) is 11.8 Å². The molecule has 150 valence electrons. The lowest BCUT2D eigenvalue weighted by molar-refractivity contribution is -0.138. The molecule has 0 unspecified atom stereocenters. The van der Waals surface area contributed by atoms with E-state index in [2.05, 4.69) is 6.92 Å². The van der Waals surface area contributed by atoms with Gasteiger partial charge in [-0.05, 0) is 49.8 Å². The van der Waals surface area contributed by atoms with Gasteiger partial charge >= 0.3 is 0 Å². The van der Waals surface area contributed by atoms with E-state index in [1.807, 2.05) is 4.90 Å². The Morgan fingerprint density at radius 1 is 1.19 bits per heavy atom. The van der Waals surface area contributed by atoms with Gasteiger partial charge in [0.15, 0.2) is 0 Å². The Balaban J connectivity index is 1.73. The van der Waals surface area contributed by atoms with Gasteiger partial charge in [0.25, 0.3) is 0 Å². The van der Waals surface area contributed by atoms with Gasteiger partial charge in [-0.25, -0.2) is 8.42 Å². The lowest BCUT2D eigenvalue weighted by atomic mass is 9.94. The van der Waals surface area contributed by atoms with E-state index in [0.29, 0.717) is 24.6 Å². The van der Waals surface area contributed by atoms with Crippen molar-refractivity contribution in [1.82, 2.24) is 9.21 Å². The second kappa shape index (κ2) is 8.37. The van der Waals surface area contributed by atoms with Gasteiger partial charge in [0.1, 0.15) is 5.75 Å². The van der Waals surface area contributed by atoms with Gasteiger partial charge in [0.2, 0.25) is 15.9 Å². The second-order valence-corrected chi connectivity index (χ2v) is 9.85. The molecular weight excluding hydrogens is 388 g/mol. The summed E-state index contributed by atoms with van der Waals surface area (Å²) in [5.74, 6) is 0.906. The summed E-state index contributed by atoms with van der Waals surface area (Å²) in [5, 5.41) is 0.255. The Morgan fingerprint density at radius 2 is 1.89 bits per heavy atom. The quantitative estimate of drug-likeness (QED) is 0.759. The second-order valence-electron chi connectivity index (χ2n) is 7.51. The maximum absolute atomic E-state index is 13.0.